The van der Waals surface area contributed by atoms with Crippen LogP contribution < -0.4 is 4.74 Å². The summed E-state index contributed by atoms with van der Waals surface area (Å²) >= 11 is 0. The summed E-state index contributed by atoms with van der Waals surface area (Å²) in [6, 6.07) is 2.89. The van der Waals surface area contributed by atoms with Gasteiger partial charge in [0.05, 0.1) is 13.2 Å². The van der Waals surface area contributed by atoms with E-state index in [1.807, 2.05) is 6.08 Å². The molecule has 1 heterocycles. The highest BCUT2D eigenvalue weighted by molar-refractivity contribution is 5.67. The van der Waals surface area contributed by atoms with Crippen LogP contribution >= 0.6 is 0 Å². The number of alkyl halides is 2. The predicted molar refractivity (Wildman–Crippen MR) is 121 cm³/mol. The molecule has 1 atom stereocenters. The van der Waals surface area contributed by atoms with Gasteiger partial charge in [-0.2, -0.15) is 8.78 Å². The molecule has 2 aliphatic rings. The molecule has 1 aliphatic heterocycles. The number of rotatable bonds is 7. The Morgan fingerprint density at radius 2 is 1.64 bits per heavy atom. The second-order valence-corrected chi connectivity index (χ2v) is 9.42. The summed E-state index contributed by atoms with van der Waals surface area (Å²) in [5, 5.41) is 0. The normalized spacial score (nSPS) is 22.9. The van der Waals surface area contributed by atoms with Crippen molar-refractivity contribution in [2.75, 3.05) is 13.2 Å². The van der Waals surface area contributed by atoms with Gasteiger partial charge in [-0.15, -0.1) is 0 Å². The predicted octanol–water partition coefficient (Wildman–Crippen LogP) is 7.65. The van der Waals surface area contributed by atoms with Crippen molar-refractivity contribution in [3.8, 4) is 5.75 Å². The van der Waals surface area contributed by atoms with Crippen molar-refractivity contribution < 1.29 is 40.6 Å². The summed E-state index contributed by atoms with van der Waals surface area (Å²) in [5.41, 5.74) is -1.10. The molecule has 0 aromatic heterocycles. The van der Waals surface area contributed by atoms with Gasteiger partial charge in [0.25, 0.3) is 0 Å². The Bertz CT molecular complexity index is 1080. The van der Waals surface area contributed by atoms with Crippen LogP contribution in [0, 0.1) is 42.0 Å². The molecule has 0 spiro atoms. The fourth-order valence-electron chi connectivity index (χ4n) is 4.76. The highest BCUT2D eigenvalue weighted by Gasteiger charge is 2.41. The average molecular weight is 515 g/mol. The molecule has 4 rings (SSSR count). The molecule has 2 aromatic carbocycles. The topological polar surface area (TPSA) is 27.7 Å². The molecule has 1 aliphatic carbocycles. The third kappa shape index (κ3) is 5.72. The molecule has 0 saturated carbocycles. The molecule has 36 heavy (non-hydrogen) atoms. The van der Waals surface area contributed by atoms with Gasteiger partial charge in [0, 0.05) is 17.9 Å². The van der Waals surface area contributed by atoms with Crippen LogP contribution in [0.15, 0.2) is 30.3 Å². The third-order valence-electron chi connectivity index (χ3n) is 6.66. The van der Waals surface area contributed by atoms with Crippen LogP contribution in [0.1, 0.15) is 55.7 Å². The zero-order valence-electron chi connectivity index (χ0n) is 20.1. The third-order valence-corrected chi connectivity index (χ3v) is 6.66. The van der Waals surface area contributed by atoms with E-state index in [-0.39, 0.29) is 23.3 Å². The SMILES string of the molecule is CCCC1COC(C2CC=C(c3cc(F)c(C(F)(F)Oc4cc(C)c(F)c(F)c4)c(F)c3)CC2)OC1. The van der Waals surface area contributed by atoms with Crippen molar-refractivity contribution in [2.24, 2.45) is 11.8 Å². The van der Waals surface area contributed by atoms with Gasteiger partial charge < -0.3 is 14.2 Å². The maximum Gasteiger partial charge on any atom is 0.432 e. The zero-order valence-corrected chi connectivity index (χ0v) is 20.1. The second kappa shape index (κ2) is 10.8. The van der Waals surface area contributed by atoms with Crippen molar-refractivity contribution in [1.82, 2.24) is 0 Å². The Morgan fingerprint density at radius 3 is 2.19 bits per heavy atom. The van der Waals surface area contributed by atoms with Crippen molar-refractivity contribution in [3.63, 3.8) is 0 Å². The van der Waals surface area contributed by atoms with Gasteiger partial charge in [-0.3, -0.25) is 0 Å². The molecule has 1 saturated heterocycles. The Kier molecular flexibility index (Phi) is 7.99. The van der Waals surface area contributed by atoms with Gasteiger partial charge in [-0.25, -0.2) is 17.6 Å². The van der Waals surface area contributed by atoms with Gasteiger partial charge in [0.1, 0.15) is 22.9 Å². The highest BCUT2D eigenvalue weighted by Crippen LogP contribution is 2.39. The fraction of sp³-hybridized carbons (Fsp3) is 0.481. The monoisotopic (exact) mass is 514 g/mol. The summed E-state index contributed by atoms with van der Waals surface area (Å²) in [6.07, 6.45) is 0.845. The van der Waals surface area contributed by atoms with E-state index < -0.39 is 40.7 Å². The lowest BCUT2D eigenvalue weighted by Crippen LogP contribution is -2.37. The number of hydrogen-bond acceptors (Lipinski definition) is 3. The van der Waals surface area contributed by atoms with Crippen LogP contribution in [-0.2, 0) is 15.6 Å². The lowest BCUT2D eigenvalue weighted by molar-refractivity contribution is -0.225. The molecule has 2 aromatic rings. The largest absolute Gasteiger partial charge is 0.432 e. The van der Waals surface area contributed by atoms with Crippen LogP contribution in [0.25, 0.3) is 5.57 Å². The lowest BCUT2D eigenvalue weighted by atomic mass is 9.85. The average Bonchev–Trinajstić information content (AvgIpc) is 2.82. The number of aryl methyl sites for hydroxylation is 1. The molecule has 0 N–H and O–H groups in total. The summed E-state index contributed by atoms with van der Waals surface area (Å²) in [7, 11) is 0. The molecule has 196 valence electrons. The number of allylic oxidation sites excluding steroid dienone is 2. The minimum absolute atomic E-state index is 0.0996. The number of halogens is 6. The Balaban J connectivity index is 1.47. The first kappa shape index (κ1) is 26.5. The van der Waals surface area contributed by atoms with E-state index in [4.69, 9.17) is 9.47 Å². The first-order valence-electron chi connectivity index (χ1n) is 12.0. The van der Waals surface area contributed by atoms with Crippen LogP contribution in [0.4, 0.5) is 26.3 Å². The lowest BCUT2D eigenvalue weighted by Gasteiger charge is -2.35. The van der Waals surface area contributed by atoms with E-state index in [9.17, 15) is 26.3 Å². The van der Waals surface area contributed by atoms with Crippen LogP contribution in [0.5, 0.6) is 5.75 Å². The van der Waals surface area contributed by atoms with Gasteiger partial charge in [0.2, 0.25) is 0 Å². The van der Waals surface area contributed by atoms with E-state index in [0.29, 0.717) is 50.0 Å². The maximum atomic E-state index is 14.8. The summed E-state index contributed by atoms with van der Waals surface area (Å²) in [6.45, 7) is 4.55. The molecule has 0 bridgehead atoms. The van der Waals surface area contributed by atoms with E-state index in [2.05, 4.69) is 11.7 Å². The molecule has 3 nitrogen and oxygen atoms in total. The zero-order chi connectivity index (χ0) is 26.0. The molecular formula is C27H28F6O3. The molecular weight excluding hydrogens is 486 g/mol. The number of ether oxygens (including phenoxy) is 3. The minimum Gasteiger partial charge on any atom is -0.429 e. The smallest absolute Gasteiger partial charge is 0.429 e. The quantitative estimate of drug-likeness (QED) is 0.355. The van der Waals surface area contributed by atoms with Gasteiger partial charge in [0.15, 0.2) is 17.9 Å². The van der Waals surface area contributed by atoms with E-state index in [0.717, 1.165) is 38.0 Å². The first-order valence-corrected chi connectivity index (χ1v) is 12.0. The number of benzene rings is 2. The van der Waals surface area contributed by atoms with Gasteiger partial charge in [-0.1, -0.05) is 19.4 Å². The molecule has 0 radical (unpaired) electrons. The van der Waals surface area contributed by atoms with Gasteiger partial charge >= 0.3 is 6.11 Å². The molecule has 1 fully saturated rings. The highest BCUT2D eigenvalue weighted by atomic mass is 19.3. The standard InChI is InChI=1S/C27H28F6O3/c1-3-4-16-13-34-26(35-14-16)18-7-5-17(6-8-18)19-10-21(28)24(22(29)11-19)27(32,33)36-20-9-15(2)25(31)23(30)12-20/h5,9-12,16,18,26H,3-4,6-8,13-14H2,1-2H3. The van der Waals surface area contributed by atoms with E-state index in [1.54, 1.807) is 0 Å². The van der Waals surface area contributed by atoms with Crippen LogP contribution in [-0.4, -0.2) is 19.5 Å². The van der Waals surface area contributed by atoms with Crippen molar-refractivity contribution in [1.29, 1.82) is 0 Å². The van der Waals surface area contributed by atoms with Gasteiger partial charge in [-0.05, 0) is 67.5 Å². The Hall–Kier alpha value is -2.52. The van der Waals surface area contributed by atoms with E-state index >= 15 is 0 Å². The minimum atomic E-state index is -4.46. The Morgan fingerprint density at radius 1 is 0.972 bits per heavy atom. The molecule has 1 unspecified atom stereocenters. The maximum absolute atomic E-state index is 14.8. The van der Waals surface area contributed by atoms with Crippen molar-refractivity contribution in [3.05, 3.63) is 70.3 Å². The van der Waals surface area contributed by atoms with Crippen LogP contribution in [0.3, 0.4) is 0 Å². The number of hydrogen-bond donors (Lipinski definition) is 0. The summed E-state index contributed by atoms with van der Waals surface area (Å²) in [5.74, 6) is -5.91. The summed E-state index contributed by atoms with van der Waals surface area (Å²) in [4.78, 5) is 0. The van der Waals surface area contributed by atoms with Crippen molar-refractivity contribution in [2.45, 2.75) is 58.4 Å². The fourth-order valence-corrected chi connectivity index (χ4v) is 4.76. The van der Waals surface area contributed by atoms with Crippen LogP contribution in [0.2, 0.25) is 0 Å². The molecule has 0 amide bonds. The molecule has 9 heteroatoms. The first-order chi connectivity index (χ1) is 17.1. The Labute approximate surface area is 206 Å². The van der Waals surface area contributed by atoms with Crippen molar-refractivity contribution >= 4 is 5.57 Å². The van der Waals surface area contributed by atoms with E-state index in [1.165, 1.54) is 0 Å². The summed E-state index contributed by atoms with van der Waals surface area (Å²) < 4.78 is 102. The second-order valence-electron chi connectivity index (χ2n) is 9.42.